The van der Waals surface area contributed by atoms with E-state index in [-0.39, 0.29) is 11.5 Å². The van der Waals surface area contributed by atoms with E-state index in [0.29, 0.717) is 0 Å². The first-order valence-corrected chi connectivity index (χ1v) is 23.0. The largest absolute Gasteiger partial charge is 0.454 e. The fraction of sp³-hybridized carbons (Fsp3) is 0.161. The molecule has 326 valence electrons. The molecule has 1 heterocycles. The molecule has 0 spiro atoms. The molecule has 1 aromatic heterocycles. The Kier molecular flexibility index (Phi) is 10.9. The molecule has 0 aliphatic heterocycles. The lowest BCUT2D eigenvalue weighted by Gasteiger charge is -2.30. The van der Waals surface area contributed by atoms with Crippen LogP contribution in [0.15, 0.2) is 193 Å². The summed E-state index contributed by atoms with van der Waals surface area (Å²) in [5, 5.41) is 9.60. The van der Waals surface area contributed by atoms with Crippen molar-refractivity contribution in [3.8, 4) is 0 Å². The lowest BCUT2D eigenvalue weighted by atomic mass is 9.83. The minimum absolute atomic E-state index is 0.0136. The summed E-state index contributed by atoms with van der Waals surface area (Å²) in [6, 6.07) is 57.2. The van der Waals surface area contributed by atoms with Crippen molar-refractivity contribution in [3.63, 3.8) is 0 Å². The van der Waals surface area contributed by atoms with Crippen LogP contribution in [0.25, 0.3) is 59.8 Å². The standard InChI is InChI=1S/C62H56N2O2/c1-39(20-17-30-54(43(5)65-9)62(6,7)8)44-22-18-27-47(38-44)63(45-23-12-10-13-24-45)56-36-41(3)48-33-35-53-57(37-42(4)49-32-34-52(56)58(48)59(49)53)64(46-25-14-11-15-26-46)55-31-19-29-51-50-28-16-21-40(2)60(50)66-61(51)55/h10-38,43H,1H2,2-9H3/b20-17-,54-30+. The van der Waals surface area contributed by atoms with Crippen molar-refractivity contribution in [1.82, 2.24) is 0 Å². The summed E-state index contributed by atoms with van der Waals surface area (Å²) in [6.45, 7) is 19.9. The smallest absolute Gasteiger partial charge is 0.159 e. The van der Waals surface area contributed by atoms with Crippen LogP contribution in [0.3, 0.4) is 0 Å². The van der Waals surface area contributed by atoms with Crippen molar-refractivity contribution in [1.29, 1.82) is 0 Å². The first-order valence-electron chi connectivity index (χ1n) is 23.0. The molecular weight excluding hydrogens is 805 g/mol. The minimum Gasteiger partial charge on any atom is -0.454 e. The molecule has 4 heteroatoms. The number of furan rings is 1. The van der Waals surface area contributed by atoms with Crippen LogP contribution in [-0.4, -0.2) is 13.2 Å². The molecule has 0 N–H and O–H groups in total. The molecule has 1 atom stereocenters. The topological polar surface area (TPSA) is 28.9 Å². The van der Waals surface area contributed by atoms with Crippen molar-refractivity contribution < 1.29 is 9.15 Å². The third-order valence-electron chi connectivity index (χ3n) is 13.4. The molecule has 0 aliphatic carbocycles. The van der Waals surface area contributed by atoms with Gasteiger partial charge in [-0.15, -0.1) is 0 Å². The molecule has 9 aromatic carbocycles. The third kappa shape index (κ3) is 7.32. The fourth-order valence-corrected chi connectivity index (χ4v) is 10.1. The number of para-hydroxylation sites is 4. The van der Waals surface area contributed by atoms with Crippen molar-refractivity contribution in [2.45, 2.75) is 54.6 Å². The Labute approximate surface area is 388 Å². The van der Waals surface area contributed by atoms with E-state index in [2.05, 4.69) is 241 Å². The van der Waals surface area contributed by atoms with Crippen LogP contribution in [0, 0.1) is 26.2 Å². The molecule has 0 aliphatic rings. The Balaban J connectivity index is 1.17. The SMILES string of the molecule is C=C(/C=C\C=C(/C(C)OC)C(C)(C)C)c1cccc(N(c2ccccc2)c2cc(C)c3ccc4c(N(c5ccccc5)c5cccc6c5oc5c(C)cccc56)cc(C)c5ccc2c3c54)c1. The number of ether oxygens (including phenoxy) is 1. The van der Waals surface area contributed by atoms with Gasteiger partial charge in [-0.3, -0.25) is 0 Å². The molecule has 0 saturated carbocycles. The van der Waals surface area contributed by atoms with Crippen LogP contribution in [0.4, 0.5) is 34.1 Å². The Morgan fingerprint density at radius 1 is 0.545 bits per heavy atom. The van der Waals surface area contributed by atoms with Gasteiger partial charge in [0.25, 0.3) is 0 Å². The van der Waals surface area contributed by atoms with Gasteiger partial charge in [0.05, 0.1) is 23.2 Å². The van der Waals surface area contributed by atoms with E-state index < -0.39 is 0 Å². The molecule has 1 unspecified atom stereocenters. The number of hydrogen-bond acceptors (Lipinski definition) is 4. The molecule has 0 saturated heterocycles. The summed E-state index contributed by atoms with van der Waals surface area (Å²) < 4.78 is 12.6. The van der Waals surface area contributed by atoms with Crippen LogP contribution in [0.5, 0.6) is 0 Å². The second kappa shape index (κ2) is 16.9. The maximum absolute atomic E-state index is 6.85. The fourth-order valence-electron chi connectivity index (χ4n) is 10.1. The van der Waals surface area contributed by atoms with Crippen LogP contribution in [0.1, 0.15) is 49.9 Å². The van der Waals surface area contributed by atoms with Gasteiger partial charge in [0, 0.05) is 45.7 Å². The molecule has 66 heavy (non-hydrogen) atoms. The van der Waals surface area contributed by atoms with E-state index in [1.54, 1.807) is 7.11 Å². The van der Waals surface area contributed by atoms with Gasteiger partial charge in [0.15, 0.2) is 5.58 Å². The van der Waals surface area contributed by atoms with Gasteiger partial charge in [-0.25, -0.2) is 0 Å². The highest BCUT2D eigenvalue weighted by molar-refractivity contribution is 6.29. The monoisotopic (exact) mass is 860 g/mol. The lowest BCUT2D eigenvalue weighted by Crippen LogP contribution is -2.21. The zero-order valence-electron chi connectivity index (χ0n) is 39.2. The Hall–Kier alpha value is -7.40. The number of hydrogen-bond donors (Lipinski definition) is 0. The molecule has 0 amide bonds. The van der Waals surface area contributed by atoms with Crippen molar-refractivity contribution in [3.05, 3.63) is 210 Å². The van der Waals surface area contributed by atoms with E-state index in [9.17, 15) is 0 Å². The van der Waals surface area contributed by atoms with E-state index >= 15 is 0 Å². The van der Waals surface area contributed by atoms with Crippen LogP contribution >= 0.6 is 0 Å². The number of anilines is 6. The van der Waals surface area contributed by atoms with Crippen LogP contribution < -0.4 is 9.80 Å². The summed E-state index contributed by atoms with van der Waals surface area (Å²) in [5.41, 5.74) is 15.0. The maximum Gasteiger partial charge on any atom is 0.159 e. The predicted molar refractivity (Wildman–Crippen MR) is 283 cm³/mol. The molecule has 10 rings (SSSR count). The van der Waals surface area contributed by atoms with E-state index in [4.69, 9.17) is 9.15 Å². The van der Waals surface area contributed by atoms with Gasteiger partial charge in [-0.1, -0.05) is 149 Å². The Morgan fingerprint density at radius 2 is 1.08 bits per heavy atom. The first kappa shape index (κ1) is 42.5. The average Bonchev–Trinajstić information content (AvgIpc) is 3.72. The van der Waals surface area contributed by atoms with Crippen molar-refractivity contribution >= 4 is 94.0 Å². The second-order valence-electron chi connectivity index (χ2n) is 18.7. The second-order valence-corrected chi connectivity index (χ2v) is 18.7. The quantitative estimate of drug-likeness (QED) is 0.0957. The lowest BCUT2D eigenvalue weighted by molar-refractivity contribution is 0.130. The molecule has 0 fully saturated rings. The molecule has 0 radical (unpaired) electrons. The van der Waals surface area contributed by atoms with Crippen molar-refractivity contribution in [2.75, 3.05) is 16.9 Å². The van der Waals surface area contributed by atoms with E-state index in [0.717, 1.165) is 72.8 Å². The highest BCUT2D eigenvalue weighted by Gasteiger charge is 2.26. The predicted octanol–water partition coefficient (Wildman–Crippen LogP) is 17.9. The van der Waals surface area contributed by atoms with Gasteiger partial charge >= 0.3 is 0 Å². The summed E-state index contributed by atoms with van der Waals surface area (Å²) in [7, 11) is 1.77. The van der Waals surface area contributed by atoms with Gasteiger partial charge in [-0.05, 0) is 143 Å². The zero-order chi connectivity index (χ0) is 45.9. The summed E-state index contributed by atoms with van der Waals surface area (Å²) in [6.07, 6.45) is 6.41. The van der Waals surface area contributed by atoms with E-state index in [1.165, 1.54) is 49.0 Å². The normalized spacial score (nSPS) is 12.9. The first-order chi connectivity index (χ1) is 31.9. The summed E-state index contributed by atoms with van der Waals surface area (Å²) in [4.78, 5) is 4.80. The molecular formula is C62H56N2O2. The van der Waals surface area contributed by atoms with E-state index in [1.807, 2.05) is 0 Å². The number of aryl methyl sites for hydroxylation is 3. The van der Waals surface area contributed by atoms with Gasteiger partial charge in [-0.2, -0.15) is 0 Å². The van der Waals surface area contributed by atoms with Gasteiger partial charge in [0.1, 0.15) is 5.58 Å². The molecule has 10 aromatic rings. The van der Waals surface area contributed by atoms with Gasteiger partial charge in [0.2, 0.25) is 0 Å². The number of methoxy groups -OCH3 is 1. The number of fused-ring (bicyclic) bond motifs is 3. The number of allylic oxidation sites excluding steroid dienone is 4. The van der Waals surface area contributed by atoms with Crippen LogP contribution in [0.2, 0.25) is 0 Å². The number of rotatable bonds is 11. The number of nitrogens with zero attached hydrogens (tertiary/aromatic N) is 2. The Morgan fingerprint density at radius 3 is 1.68 bits per heavy atom. The summed E-state index contributed by atoms with van der Waals surface area (Å²) >= 11 is 0. The maximum atomic E-state index is 6.85. The highest BCUT2D eigenvalue weighted by atomic mass is 16.5. The average molecular weight is 861 g/mol. The Bertz CT molecular complexity index is 3510. The minimum atomic E-state index is -0.0269. The molecule has 0 bridgehead atoms. The summed E-state index contributed by atoms with van der Waals surface area (Å²) in [5.74, 6) is 0. The highest BCUT2D eigenvalue weighted by Crippen LogP contribution is 2.50. The molecule has 4 nitrogen and oxygen atoms in total. The number of benzene rings is 9. The third-order valence-corrected chi connectivity index (χ3v) is 13.4. The zero-order valence-corrected chi connectivity index (χ0v) is 39.2. The van der Waals surface area contributed by atoms with Crippen molar-refractivity contribution in [2.24, 2.45) is 5.41 Å². The van der Waals surface area contributed by atoms with Crippen LogP contribution in [-0.2, 0) is 4.74 Å². The van der Waals surface area contributed by atoms with Gasteiger partial charge < -0.3 is 19.0 Å².